The molecule has 6 heteroatoms. The van der Waals surface area contributed by atoms with Crippen molar-refractivity contribution in [2.75, 3.05) is 0 Å². The highest BCUT2D eigenvalue weighted by Gasteiger charge is 2.10. The van der Waals surface area contributed by atoms with Crippen molar-refractivity contribution in [2.24, 2.45) is 0 Å². The fraction of sp³-hybridized carbons (Fsp3) is 0.0588. The molecule has 0 fully saturated rings. The molecule has 0 aliphatic carbocycles. The number of benzene rings is 2. The van der Waals surface area contributed by atoms with E-state index in [9.17, 15) is 9.18 Å². The summed E-state index contributed by atoms with van der Waals surface area (Å²) in [4.78, 5) is 12.0. The summed E-state index contributed by atoms with van der Waals surface area (Å²) in [5.41, 5.74) is 1.41. The number of hydrogen-bond acceptors (Lipinski definition) is 2. The minimum absolute atomic E-state index is 0.0216. The molecule has 0 aliphatic heterocycles. The number of aromatic nitrogens is 2. The zero-order chi connectivity index (χ0) is 16.4. The Bertz CT molecular complexity index is 906. The lowest BCUT2D eigenvalue weighted by Gasteiger charge is -2.09. The van der Waals surface area contributed by atoms with Crippen LogP contribution < -0.4 is 5.56 Å². The molecule has 116 valence electrons. The smallest absolute Gasteiger partial charge is 0.267 e. The molecule has 0 bridgehead atoms. The normalized spacial score (nSPS) is 10.7. The van der Waals surface area contributed by atoms with Gasteiger partial charge in [-0.3, -0.25) is 4.79 Å². The molecule has 1 heterocycles. The van der Waals surface area contributed by atoms with Gasteiger partial charge in [0.2, 0.25) is 0 Å². The van der Waals surface area contributed by atoms with Gasteiger partial charge in [-0.1, -0.05) is 45.7 Å². The minimum atomic E-state index is -0.459. The molecular formula is C17H11BrClFN2O. The first-order chi connectivity index (χ1) is 11.0. The van der Waals surface area contributed by atoms with E-state index in [4.69, 9.17) is 11.6 Å². The molecule has 0 unspecified atom stereocenters. The highest BCUT2D eigenvalue weighted by atomic mass is 79.9. The van der Waals surface area contributed by atoms with E-state index in [1.54, 1.807) is 12.1 Å². The molecule has 0 saturated carbocycles. The first kappa shape index (κ1) is 15.9. The standard InChI is InChI=1S/C17H11BrClFN2O/c18-12-4-1-3-11(9-12)16-7-8-17(23)22(21-16)10-13-14(19)5-2-6-15(13)20/h1-9H,10H2. The van der Waals surface area contributed by atoms with Gasteiger partial charge in [-0.15, -0.1) is 0 Å². The van der Waals surface area contributed by atoms with Crippen molar-refractivity contribution in [1.29, 1.82) is 0 Å². The lowest BCUT2D eigenvalue weighted by molar-refractivity contribution is 0.573. The molecule has 3 aromatic rings. The van der Waals surface area contributed by atoms with Crippen molar-refractivity contribution < 1.29 is 4.39 Å². The van der Waals surface area contributed by atoms with Gasteiger partial charge in [-0.05, 0) is 30.3 Å². The molecule has 0 N–H and O–H groups in total. The first-order valence-corrected chi connectivity index (χ1v) is 7.99. The van der Waals surface area contributed by atoms with Gasteiger partial charge in [-0.2, -0.15) is 5.10 Å². The van der Waals surface area contributed by atoms with Gasteiger partial charge in [0.15, 0.2) is 0 Å². The first-order valence-electron chi connectivity index (χ1n) is 6.81. The Kier molecular flexibility index (Phi) is 4.59. The van der Waals surface area contributed by atoms with Gasteiger partial charge in [0.25, 0.3) is 5.56 Å². The molecule has 0 radical (unpaired) electrons. The van der Waals surface area contributed by atoms with E-state index in [0.29, 0.717) is 5.69 Å². The van der Waals surface area contributed by atoms with Crippen molar-refractivity contribution in [3.8, 4) is 11.3 Å². The van der Waals surface area contributed by atoms with Crippen molar-refractivity contribution in [1.82, 2.24) is 9.78 Å². The average Bonchev–Trinajstić information content (AvgIpc) is 2.53. The van der Waals surface area contributed by atoms with Crippen molar-refractivity contribution in [3.05, 3.63) is 85.8 Å². The largest absolute Gasteiger partial charge is 0.268 e. The molecule has 0 saturated heterocycles. The van der Waals surface area contributed by atoms with Crippen LogP contribution in [-0.2, 0) is 6.54 Å². The zero-order valence-electron chi connectivity index (χ0n) is 11.8. The molecular weight excluding hydrogens is 383 g/mol. The molecule has 3 rings (SSSR count). The summed E-state index contributed by atoms with van der Waals surface area (Å²) in [6.45, 7) is -0.0216. The summed E-state index contributed by atoms with van der Waals surface area (Å²) in [5.74, 6) is -0.459. The summed E-state index contributed by atoms with van der Waals surface area (Å²) in [6, 6.07) is 15.0. The van der Waals surface area contributed by atoms with Crippen molar-refractivity contribution in [2.45, 2.75) is 6.54 Å². The third-order valence-corrected chi connectivity index (χ3v) is 4.20. The monoisotopic (exact) mass is 392 g/mol. The van der Waals surface area contributed by atoms with Crippen molar-refractivity contribution in [3.63, 3.8) is 0 Å². The number of hydrogen-bond donors (Lipinski definition) is 0. The number of nitrogens with zero attached hydrogens (tertiary/aromatic N) is 2. The molecule has 3 nitrogen and oxygen atoms in total. The molecule has 0 amide bonds. The highest BCUT2D eigenvalue weighted by molar-refractivity contribution is 9.10. The van der Waals surface area contributed by atoms with Crippen LogP contribution in [-0.4, -0.2) is 9.78 Å². The van der Waals surface area contributed by atoms with E-state index >= 15 is 0 Å². The fourth-order valence-electron chi connectivity index (χ4n) is 2.20. The van der Waals surface area contributed by atoms with E-state index in [1.807, 2.05) is 24.3 Å². The predicted molar refractivity (Wildman–Crippen MR) is 92.1 cm³/mol. The van der Waals surface area contributed by atoms with E-state index in [2.05, 4.69) is 21.0 Å². The van der Waals surface area contributed by atoms with Gasteiger partial charge >= 0.3 is 0 Å². The lowest BCUT2D eigenvalue weighted by Crippen LogP contribution is -2.23. The summed E-state index contributed by atoms with van der Waals surface area (Å²) < 4.78 is 16.0. The Morgan fingerprint density at radius 1 is 1.13 bits per heavy atom. The Labute approximate surface area is 145 Å². The molecule has 0 spiro atoms. The summed E-state index contributed by atoms with van der Waals surface area (Å²) >= 11 is 9.42. The van der Waals surface area contributed by atoms with Gasteiger partial charge in [0.05, 0.1) is 12.2 Å². The van der Waals surface area contributed by atoms with Crippen LogP contribution in [0.3, 0.4) is 0 Å². The lowest BCUT2D eigenvalue weighted by atomic mass is 10.1. The molecule has 0 atom stereocenters. The van der Waals surface area contributed by atoms with E-state index < -0.39 is 5.82 Å². The fourth-order valence-corrected chi connectivity index (χ4v) is 2.82. The minimum Gasteiger partial charge on any atom is -0.268 e. The quantitative estimate of drug-likeness (QED) is 0.656. The van der Waals surface area contributed by atoms with Gasteiger partial charge in [-0.25, -0.2) is 9.07 Å². The van der Waals surface area contributed by atoms with Crippen LogP contribution in [0, 0.1) is 5.82 Å². The Balaban J connectivity index is 2.03. The second kappa shape index (κ2) is 6.64. The Morgan fingerprint density at radius 3 is 2.65 bits per heavy atom. The molecule has 0 aliphatic rings. The van der Waals surface area contributed by atoms with Crippen LogP contribution in [0.1, 0.15) is 5.56 Å². The number of rotatable bonds is 3. The number of halogens is 3. The van der Waals surface area contributed by atoms with E-state index in [0.717, 1.165) is 10.0 Å². The average molecular weight is 394 g/mol. The summed E-state index contributed by atoms with van der Waals surface area (Å²) in [7, 11) is 0. The second-order valence-corrected chi connectivity index (χ2v) is 6.25. The molecule has 1 aromatic heterocycles. The maximum Gasteiger partial charge on any atom is 0.267 e. The molecule has 2 aromatic carbocycles. The summed E-state index contributed by atoms with van der Waals surface area (Å²) in [6.07, 6.45) is 0. The predicted octanol–water partition coefficient (Wildman–Crippen LogP) is 4.51. The van der Waals surface area contributed by atoms with Crippen LogP contribution in [0.5, 0.6) is 0 Å². The van der Waals surface area contributed by atoms with Crippen LogP contribution in [0.4, 0.5) is 4.39 Å². The third kappa shape index (κ3) is 3.51. The van der Waals surface area contributed by atoms with Crippen molar-refractivity contribution >= 4 is 27.5 Å². The SMILES string of the molecule is O=c1ccc(-c2cccc(Br)c2)nn1Cc1c(F)cccc1Cl. The third-order valence-electron chi connectivity index (χ3n) is 3.36. The van der Waals surface area contributed by atoms with Gasteiger partial charge < -0.3 is 0 Å². The highest BCUT2D eigenvalue weighted by Crippen LogP contribution is 2.22. The van der Waals surface area contributed by atoms with Gasteiger partial charge in [0.1, 0.15) is 5.82 Å². The summed E-state index contributed by atoms with van der Waals surface area (Å²) in [5, 5.41) is 4.59. The Hall–Kier alpha value is -1.98. The van der Waals surface area contributed by atoms with Crippen LogP contribution in [0.25, 0.3) is 11.3 Å². The van der Waals surface area contributed by atoms with Crippen LogP contribution >= 0.6 is 27.5 Å². The zero-order valence-corrected chi connectivity index (χ0v) is 14.2. The maximum atomic E-state index is 13.9. The van der Waals surface area contributed by atoms with E-state index in [1.165, 1.54) is 22.9 Å². The maximum absolute atomic E-state index is 13.9. The topological polar surface area (TPSA) is 34.9 Å². The van der Waals surface area contributed by atoms with Crippen LogP contribution in [0.2, 0.25) is 5.02 Å². The van der Waals surface area contributed by atoms with E-state index in [-0.39, 0.29) is 22.7 Å². The molecule has 23 heavy (non-hydrogen) atoms. The van der Waals surface area contributed by atoms with Crippen LogP contribution in [0.15, 0.2) is 63.9 Å². The Morgan fingerprint density at radius 2 is 1.91 bits per heavy atom. The second-order valence-electron chi connectivity index (χ2n) is 4.93. The van der Waals surface area contributed by atoms with Gasteiger partial charge in [0, 0.05) is 26.7 Å².